The van der Waals surface area contributed by atoms with Crippen molar-refractivity contribution in [1.29, 1.82) is 0 Å². The van der Waals surface area contributed by atoms with Crippen LogP contribution in [0.1, 0.15) is 49.9 Å². The summed E-state index contributed by atoms with van der Waals surface area (Å²) in [5.41, 5.74) is 3.59. The molecule has 0 fully saturated rings. The van der Waals surface area contributed by atoms with Gasteiger partial charge in [-0.25, -0.2) is 0 Å². The van der Waals surface area contributed by atoms with E-state index in [0.717, 1.165) is 36.3 Å². The van der Waals surface area contributed by atoms with Gasteiger partial charge in [0.05, 0.1) is 18.9 Å². The number of rotatable bonds is 9. The van der Waals surface area contributed by atoms with Gasteiger partial charge in [-0.1, -0.05) is 12.5 Å². The van der Waals surface area contributed by atoms with Crippen LogP contribution in [0.3, 0.4) is 0 Å². The normalized spacial score (nSPS) is 13.5. The van der Waals surface area contributed by atoms with Crippen molar-refractivity contribution < 1.29 is 14.3 Å². The first-order valence-electron chi connectivity index (χ1n) is 10.4. The van der Waals surface area contributed by atoms with Crippen LogP contribution in [-0.4, -0.2) is 35.4 Å². The van der Waals surface area contributed by atoms with Gasteiger partial charge in [0.25, 0.3) is 0 Å². The van der Waals surface area contributed by atoms with Crippen molar-refractivity contribution >= 4 is 5.91 Å². The molecule has 0 radical (unpaired) electrons. The molecule has 1 aliphatic carbocycles. The third-order valence-corrected chi connectivity index (χ3v) is 4.93. The zero-order valence-electron chi connectivity index (χ0n) is 17.0. The van der Waals surface area contributed by atoms with Crippen LogP contribution >= 0.6 is 0 Å². The molecule has 0 bridgehead atoms. The predicted molar refractivity (Wildman–Crippen MR) is 109 cm³/mol. The fourth-order valence-electron chi connectivity index (χ4n) is 3.59. The van der Waals surface area contributed by atoms with E-state index in [9.17, 15) is 4.79 Å². The molecule has 1 aliphatic rings. The molecular weight excluding hydrogens is 354 g/mol. The van der Waals surface area contributed by atoms with Crippen LogP contribution in [0.15, 0.2) is 24.4 Å². The lowest BCUT2D eigenvalue weighted by molar-refractivity contribution is -0.121. The predicted octanol–water partition coefficient (Wildman–Crippen LogP) is 3.31. The number of amides is 1. The number of ether oxygens (including phenoxy) is 2. The third-order valence-electron chi connectivity index (χ3n) is 4.93. The number of carbonyl (C=O) groups excluding carboxylic acids is 1. The minimum atomic E-state index is -0.00590. The van der Waals surface area contributed by atoms with E-state index >= 15 is 0 Å². The molecule has 0 saturated heterocycles. The number of benzene rings is 1. The smallest absolute Gasteiger partial charge is 0.241 e. The van der Waals surface area contributed by atoms with Crippen LogP contribution in [0.25, 0.3) is 0 Å². The van der Waals surface area contributed by atoms with Crippen molar-refractivity contribution in [1.82, 2.24) is 15.1 Å². The van der Waals surface area contributed by atoms with Gasteiger partial charge in [0.2, 0.25) is 5.91 Å². The molecule has 28 heavy (non-hydrogen) atoms. The number of hydrogen-bond donors (Lipinski definition) is 1. The second-order valence-corrected chi connectivity index (χ2v) is 7.11. The van der Waals surface area contributed by atoms with E-state index in [1.54, 1.807) is 4.68 Å². The highest BCUT2D eigenvalue weighted by Crippen LogP contribution is 2.28. The summed E-state index contributed by atoms with van der Waals surface area (Å²) in [6.45, 7) is 5.97. The number of carbonyl (C=O) groups is 1. The highest BCUT2D eigenvalue weighted by Gasteiger charge is 2.13. The summed E-state index contributed by atoms with van der Waals surface area (Å²) >= 11 is 0. The Morgan fingerprint density at radius 2 is 1.89 bits per heavy atom. The number of aromatic nitrogens is 2. The lowest BCUT2D eigenvalue weighted by atomic mass is 10.1. The van der Waals surface area contributed by atoms with E-state index in [4.69, 9.17) is 9.47 Å². The van der Waals surface area contributed by atoms with Crippen molar-refractivity contribution in [2.75, 3.05) is 19.8 Å². The summed E-state index contributed by atoms with van der Waals surface area (Å²) in [5.74, 6) is 1.51. The molecule has 0 atom stereocenters. The Labute approximate surface area is 167 Å². The highest BCUT2D eigenvalue weighted by molar-refractivity contribution is 5.75. The van der Waals surface area contributed by atoms with Crippen LogP contribution in [-0.2, 0) is 30.6 Å². The molecule has 6 heteroatoms. The maximum absolute atomic E-state index is 12.3. The van der Waals surface area contributed by atoms with Gasteiger partial charge >= 0.3 is 0 Å². The minimum absolute atomic E-state index is 0.00590. The van der Waals surface area contributed by atoms with Gasteiger partial charge in [0.15, 0.2) is 11.5 Å². The fourth-order valence-corrected chi connectivity index (χ4v) is 3.59. The summed E-state index contributed by atoms with van der Waals surface area (Å²) in [6.07, 6.45) is 8.59. The minimum Gasteiger partial charge on any atom is -0.490 e. The van der Waals surface area contributed by atoms with E-state index in [-0.39, 0.29) is 12.5 Å². The molecule has 2 aromatic rings. The Morgan fingerprint density at radius 3 is 2.71 bits per heavy atom. The van der Waals surface area contributed by atoms with Gasteiger partial charge < -0.3 is 14.8 Å². The summed E-state index contributed by atoms with van der Waals surface area (Å²) in [6, 6.07) is 5.94. The van der Waals surface area contributed by atoms with Crippen LogP contribution in [0.5, 0.6) is 11.5 Å². The molecule has 0 saturated carbocycles. The van der Waals surface area contributed by atoms with Gasteiger partial charge in [-0.05, 0) is 69.2 Å². The van der Waals surface area contributed by atoms with Gasteiger partial charge in [-0.3, -0.25) is 9.48 Å². The number of nitrogens with zero attached hydrogens (tertiary/aromatic N) is 2. The first-order valence-corrected chi connectivity index (χ1v) is 10.4. The maximum Gasteiger partial charge on any atom is 0.241 e. The Bertz CT molecular complexity index is 762. The summed E-state index contributed by atoms with van der Waals surface area (Å²) in [5, 5.41) is 7.59. The molecule has 6 nitrogen and oxygen atoms in total. The van der Waals surface area contributed by atoms with Gasteiger partial charge in [0.1, 0.15) is 6.54 Å². The highest BCUT2D eigenvalue weighted by atomic mass is 16.5. The Morgan fingerprint density at radius 1 is 1.11 bits per heavy atom. The topological polar surface area (TPSA) is 65.4 Å². The monoisotopic (exact) mass is 385 g/mol. The molecule has 1 amide bonds. The summed E-state index contributed by atoms with van der Waals surface area (Å²) in [4.78, 5) is 12.3. The van der Waals surface area contributed by atoms with Crippen molar-refractivity contribution in [2.24, 2.45) is 0 Å². The van der Waals surface area contributed by atoms with Crippen LogP contribution in [0.2, 0.25) is 0 Å². The standard InChI is InChI=1S/C22H31N3O3/c1-3-27-20-11-10-17(14-21(20)28-4-2)12-13-23-22(26)16-25-15-18-8-6-5-7-9-19(18)24-25/h10-11,14-15H,3-9,12-13,16H2,1-2H3,(H,23,26). The Kier molecular flexibility index (Phi) is 7.34. The maximum atomic E-state index is 12.3. The van der Waals surface area contributed by atoms with E-state index < -0.39 is 0 Å². The average Bonchev–Trinajstić information content (AvgIpc) is 2.92. The summed E-state index contributed by atoms with van der Waals surface area (Å²) in [7, 11) is 0. The number of hydrogen-bond acceptors (Lipinski definition) is 4. The molecule has 152 valence electrons. The lowest BCUT2D eigenvalue weighted by Crippen LogP contribution is -2.29. The summed E-state index contributed by atoms with van der Waals surface area (Å²) < 4.78 is 13.0. The first-order chi connectivity index (χ1) is 13.7. The SMILES string of the molecule is CCOc1ccc(CCNC(=O)Cn2cc3c(n2)CCCCC3)cc1OCC. The molecule has 1 heterocycles. The quantitative estimate of drug-likeness (QED) is 0.673. The Hall–Kier alpha value is -2.50. The molecule has 0 spiro atoms. The Balaban J connectivity index is 1.49. The first kappa shape index (κ1) is 20.2. The van der Waals surface area contributed by atoms with Gasteiger partial charge in [-0.2, -0.15) is 5.10 Å². The molecule has 1 N–H and O–H groups in total. The second-order valence-electron chi connectivity index (χ2n) is 7.11. The van der Waals surface area contributed by atoms with E-state index in [2.05, 4.69) is 10.4 Å². The average molecular weight is 386 g/mol. The molecule has 0 unspecified atom stereocenters. The number of aryl methyl sites for hydroxylation is 2. The molecule has 1 aromatic carbocycles. The largest absolute Gasteiger partial charge is 0.490 e. The van der Waals surface area contributed by atoms with Gasteiger partial charge in [0, 0.05) is 12.7 Å². The molecule has 1 aromatic heterocycles. The number of nitrogens with one attached hydrogen (secondary N) is 1. The molecular formula is C22H31N3O3. The van der Waals surface area contributed by atoms with E-state index in [0.29, 0.717) is 19.8 Å². The van der Waals surface area contributed by atoms with Crippen molar-refractivity contribution in [3.8, 4) is 11.5 Å². The zero-order chi connectivity index (χ0) is 19.8. The van der Waals surface area contributed by atoms with Crippen molar-refractivity contribution in [2.45, 2.75) is 58.9 Å². The van der Waals surface area contributed by atoms with Crippen LogP contribution in [0.4, 0.5) is 0 Å². The van der Waals surface area contributed by atoms with Gasteiger partial charge in [-0.15, -0.1) is 0 Å². The zero-order valence-corrected chi connectivity index (χ0v) is 17.0. The molecule has 3 rings (SSSR count). The lowest BCUT2D eigenvalue weighted by Gasteiger charge is -2.12. The van der Waals surface area contributed by atoms with E-state index in [1.165, 1.54) is 30.5 Å². The third kappa shape index (κ3) is 5.50. The van der Waals surface area contributed by atoms with Crippen LogP contribution < -0.4 is 14.8 Å². The second kappa shape index (κ2) is 10.2. The van der Waals surface area contributed by atoms with E-state index in [1.807, 2.05) is 38.2 Å². The van der Waals surface area contributed by atoms with Crippen molar-refractivity contribution in [3.05, 3.63) is 41.2 Å². The fraction of sp³-hybridized carbons (Fsp3) is 0.545. The van der Waals surface area contributed by atoms with Crippen LogP contribution in [0, 0.1) is 0 Å². The molecule has 0 aliphatic heterocycles. The van der Waals surface area contributed by atoms with Crippen molar-refractivity contribution in [3.63, 3.8) is 0 Å². The number of fused-ring (bicyclic) bond motifs is 1.